The molecular formula is C18H21NO5. The Kier molecular flexibility index (Phi) is 6.23. The molecule has 0 bridgehead atoms. The predicted molar refractivity (Wildman–Crippen MR) is 86.5 cm³/mol. The first-order chi connectivity index (χ1) is 11.5. The molecule has 1 aromatic carbocycles. The van der Waals surface area contributed by atoms with Crippen molar-refractivity contribution in [3.63, 3.8) is 0 Å². The molecule has 1 heterocycles. The Hall–Kier alpha value is -2.50. The zero-order chi connectivity index (χ0) is 17.5. The van der Waals surface area contributed by atoms with Gasteiger partial charge in [-0.3, -0.25) is 24.1 Å². The highest BCUT2D eigenvalue weighted by atomic mass is 16.5. The number of nitrogens with zero attached hydrogens (tertiary/aromatic N) is 1. The summed E-state index contributed by atoms with van der Waals surface area (Å²) in [5.41, 5.74) is 0.902. The third-order valence-corrected chi connectivity index (χ3v) is 3.86. The Balaban J connectivity index is 1.69. The highest BCUT2D eigenvalue weighted by molar-refractivity contribution is 6.21. The highest BCUT2D eigenvalue weighted by Crippen LogP contribution is 2.22. The standard InChI is InChI=1S/C18H21NO5/c1-2-24-16(21)12-13(20)8-4-3-7-11-19-17(22)14-9-5-6-10-15(14)18(19)23/h5-6,9-10H,2-4,7-8,11-12H2,1H3. The number of ketones is 1. The van der Waals surface area contributed by atoms with Crippen molar-refractivity contribution in [2.24, 2.45) is 0 Å². The number of carbonyl (C=O) groups excluding carboxylic acids is 4. The van der Waals surface area contributed by atoms with Crippen molar-refractivity contribution in [1.82, 2.24) is 4.90 Å². The summed E-state index contributed by atoms with van der Waals surface area (Å²) in [6.45, 7) is 2.31. The average Bonchev–Trinajstić information content (AvgIpc) is 2.80. The maximum Gasteiger partial charge on any atom is 0.313 e. The molecule has 0 saturated carbocycles. The number of ether oxygens (including phenoxy) is 1. The zero-order valence-electron chi connectivity index (χ0n) is 13.7. The van der Waals surface area contributed by atoms with Crippen molar-refractivity contribution in [3.8, 4) is 0 Å². The van der Waals surface area contributed by atoms with Crippen molar-refractivity contribution in [2.45, 2.75) is 39.0 Å². The third kappa shape index (κ3) is 4.28. The average molecular weight is 331 g/mol. The Morgan fingerprint density at radius 1 is 1.00 bits per heavy atom. The SMILES string of the molecule is CCOC(=O)CC(=O)CCCCCN1C(=O)c2ccccc2C1=O. The molecule has 0 N–H and O–H groups in total. The monoisotopic (exact) mass is 331 g/mol. The minimum Gasteiger partial charge on any atom is -0.466 e. The highest BCUT2D eigenvalue weighted by Gasteiger charge is 2.34. The van der Waals surface area contributed by atoms with Crippen LogP contribution in [0.5, 0.6) is 0 Å². The second kappa shape index (κ2) is 8.38. The van der Waals surface area contributed by atoms with Crippen LogP contribution in [0.25, 0.3) is 0 Å². The number of amides is 2. The van der Waals surface area contributed by atoms with Gasteiger partial charge in [0.15, 0.2) is 0 Å². The van der Waals surface area contributed by atoms with E-state index in [0.29, 0.717) is 43.4 Å². The van der Waals surface area contributed by atoms with Crippen molar-refractivity contribution in [3.05, 3.63) is 35.4 Å². The first kappa shape index (κ1) is 17.8. The van der Waals surface area contributed by atoms with Gasteiger partial charge in [-0.05, 0) is 31.9 Å². The van der Waals surface area contributed by atoms with E-state index in [1.807, 2.05) is 0 Å². The Morgan fingerprint density at radius 2 is 1.62 bits per heavy atom. The minimum atomic E-state index is -0.492. The van der Waals surface area contributed by atoms with E-state index in [-0.39, 0.29) is 30.6 Å². The van der Waals surface area contributed by atoms with Gasteiger partial charge in [0.25, 0.3) is 11.8 Å². The molecule has 24 heavy (non-hydrogen) atoms. The van der Waals surface area contributed by atoms with Crippen LogP contribution in [0.1, 0.15) is 59.7 Å². The summed E-state index contributed by atoms with van der Waals surface area (Å²) in [6.07, 6.45) is 2.09. The molecule has 6 heteroatoms. The van der Waals surface area contributed by atoms with Crippen LogP contribution in [-0.2, 0) is 14.3 Å². The van der Waals surface area contributed by atoms with Gasteiger partial charge in [0.05, 0.1) is 17.7 Å². The van der Waals surface area contributed by atoms with Gasteiger partial charge in [0, 0.05) is 13.0 Å². The predicted octanol–water partition coefficient (Wildman–Crippen LogP) is 2.37. The van der Waals surface area contributed by atoms with Crippen LogP contribution in [0.4, 0.5) is 0 Å². The van der Waals surface area contributed by atoms with Gasteiger partial charge in [0.1, 0.15) is 12.2 Å². The van der Waals surface area contributed by atoms with E-state index >= 15 is 0 Å². The molecule has 1 aromatic rings. The Bertz CT molecular complexity index is 618. The van der Waals surface area contributed by atoms with Gasteiger partial charge in [-0.25, -0.2) is 0 Å². The summed E-state index contributed by atoms with van der Waals surface area (Å²) < 4.78 is 4.72. The van der Waals surface area contributed by atoms with E-state index < -0.39 is 5.97 Å². The number of hydrogen-bond donors (Lipinski definition) is 0. The number of imide groups is 1. The molecular weight excluding hydrogens is 310 g/mol. The largest absolute Gasteiger partial charge is 0.466 e. The first-order valence-electron chi connectivity index (χ1n) is 8.17. The molecule has 0 fully saturated rings. The van der Waals surface area contributed by atoms with Gasteiger partial charge in [0.2, 0.25) is 0 Å². The van der Waals surface area contributed by atoms with Gasteiger partial charge >= 0.3 is 5.97 Å². The number of rotatable bonds is 9. The zero-order valence-corrected chi connectivity index (χ0v) is 13.7. The lowest BCUT2D eigenvalue weighted by molar-refractivity contribution is -0.145. The topological polar surface area (TPSA) is 80.8 Å². The number of benzene rings is 1. The van der Waals surface area contributed by atoms with Gasteiger partial charge in [-0.1, -0.05) is 18.6 Å². The van der Waals surface area contributed by atoms with Crippen LogP contribution in [0.3, 0.4) is 0 Å². The van der Waals surface area contributed by atoms with Gasteiger partial charge in [-0.2, -0.15) is 0 Å². The molecule has 2 amide bonds. The Morgan fingerprint density at radius 3 is 2.21 bits per heavy atom. The summed E-state index contributed by atoms with van der Waals surface area (Å²) in [5.74, 6) is -1.15. The molecule has 0 aromatic heterocycles. The van der Waals surface area contributed by atoms with Crippen molar-refractivity contribution in [2.75, 3.05) is 13.2 Å². The molecule has 0 atom stereocenters. The summed E-state index contributed by atoms with van der Waals surface area (Å²) in [5, 5.41) is 0. The van der Waals surface area contributed by atoms with Crippen molar-refractivity contribution >= 4 is 23.6 Å². The lowest BCUT2D eigenvalue weighted by Crippen LogP contribution is -2.30. The Labute approximate surface area is 140 Å². The number of fused-ring (bicyclic) bond motifs is 1. The fourth-order valence-electron chi connectivity index (χ4n) is 2.67. The third-order valence-electron chi connectivity index (χ3n) is 3.86. The fraction of sp³-hybridized carbons (Fsp3) is 0.444. The van der Waals surface area contributed by atoms with E-state index in [9.17, 15) is 19.2 Å². The second-order valence-electron chi connectivity index (χ2n) is 5.64. The molecule has 0 spiro atoms. The lowest BCUT2D eigenvalue weighted by atomic mass is 10.1. The van der Waals surface area contributed by atoms with Crippen LogP contribution in [-0.4, -0.2) is 41.6 Å². The van der Waals surface area contributed by atoms with Crippen LogP contribution < -0.4 is 0 Å². The molecule has 0 aliphatic carbocycles. The number of unbranched alkanes of at least 4 members (excludes halogenated alkanes) is 2. The second-order valence-corrected chi connectivity index (χ2v) is 5.64. The van der Waals surface area contributed by atoms with E-state index in [1.54, 1.807) is 31.2 Å². The fourth-order valence-corrected chi connectivity index (χ4v) is 2.67. The van der Waals surface area contributed by atoms with Crippen LogP contribution in [0.2, 0.25) is 0 Å². The molecule has 2 rings (SSSR count). The normalized spacial score (nSPS) is 13.1. The van der Waals surface area contributed by atoms with Crippen LogP contribution in [0.15, 0.2) is 24.3 Å². The maximum absolute atomic E-state index is 12.2. The smallest absolute Gasteiger partial charge is 0.313 e. The molecule has 0 radical (unpaired) electrons. The molecule has 6 nitrogen and oxygen atoms in total. The van der Waals surface area contributed by atoms with E-state index in [0.717, 1.165) is 0 Å². The van der Waals surface area contributed by atoms with E-state index in [4.69, 9.17) is 4.74 Å². The number of carbonyl (C=O) groups is 4. The molecule has 0 unspecified atom stereocenters. The van der Waals surface area contributed by atoms with Gasteiger partial charge < -0.3 is 4.74 Å². The van der Waals surface area contributed by atoms with E-state index in [2.05, 4.69) is 0 Å². The molecule has 1 aliphatic heterocycles. The maximum atomic E-state index is 12.2. The summed E-state index contributed by atoms with van der Waals surface area (Å²) in [6, 6.07) is 6.79. The summed E-state index contributed by atoms with van der Waals surface area (Å²) in [4.78, 5) is 48.3. The van der Waals surface area contributed by atoms with Crippen LogP contribution >= 0.6 is 0 Å². The number of hydrogen-bond acceptors (Lipinski definition) is 5. The van der Waals surface area contributed by atoms with Crippen LogP contribution in [0, 0.1) is 0 Å². The molecule has 0 saturated heterocycles. The summed E-state index contributed by atoms with van der Waals surface area (Å²) >= 11 is 0. The van der Waals surface area contributed by atoms with Crippen molar-refractivity contribution < 1.29 is 23.9 Å². The summed E-state index contributed by atoms with van der Waals surface area (Å²) in [7, 11) is 0. The van der Waals surface area contributed by atoms with E-state index in [1.165, 1.54) is 4.90 Å². The molecule has 1 aliphatic rings. The molecule has 128 valence electrons. The quantitative estimate of drug-likeness (QED) is 0.300. The number of Topliss-reactive ketones (excluding diaryl/α,β-unsaturated/α-hetero) is 1. The van der Waals surface area contributed by atoms with Crippen molar-refractivity contribution in [1.29, 1.82) is 0 Å². The van der Waals surface area contributed by atoms with Gasteiger partial charge in [-0.15, -0.1) is 0 Å². The number of esters is 1. The first-order valence-corrected chi connectivity index (χ1v) is 8.17. The minimum absolute atomic E-state index is 0.144. The lowest BCUT2D eigenvalue weighted by Gasteiger charge is -2.13.